The van der Waals surface area contributed by atoms with Gasteiger partial charge in [0.25, 0.3) is 5.56 Å². The van der Waals surface area contributed by atoms with Crippen LogP contribution in [0.4, 0.5) is 0 Å². The monoisotopic (exact) mass is 494 g/mol. The van der Waals surface area contributed by atoms with Crippen molar-refractivity contribution in [1.82, 2.24) is 30.1 Å². The molecule has 1 aromatic carbocycles. The Morgan fingerprint density at radius 1 is 1.17 bits per heavy atom. The first-order chi connectivity index (χ1) is 17.5. The molecule has 0 radical (unpaired) electrons. The summed E-state index contributed by atoms with van der Waals surface area (Å²) in [5.41, 5.74) is 1.49. The quantitative estimate of drug-likeness (QED) is 0.475. The van der Waals surface area contributed by atoms with Gasteiger partial charge in [0, 0.05) is 30.8 Å². The minimum Gasteiger partial charge on any atom is -0.497 e. The first-order valence-corrected chi connectivity index (χ1v) is 13.4. The molecule has 0 unspecified atom stereocenters. The second-order valence-electron chi connectivity index (χ2n) is 10.6. The van der Waals surface area contributed by atoms with Gasteiger partial charge in [-0.3, -0.25) is 9.69 Å². The van der Waals surface area contributed by atoms with Gasteiger partial charge in [0.15, 0.2) is 5.82 Å². The van der Waals surface area contributed by atoms with Crippen molar-refractivity contribution in [3.05, 3.63) is 46.0 Å². The number of pyridine rings is 1. The standard InChI is InChI=1S/C27H38N6O3/c1-18(2)25(26-29-30-31-33(26)17-23-10-7-13-36-23)32(21-8-5-4-6-9-21)16-20-14-19-11-12-22(35-3)15-24(19)28-27(20)34/h11-12,14-15,18,21,23,25H,4-10,13,16-17H2,1-3H3,(H,28,34)/t23-,25+/m0/s1. The summed E-state index contributed by atoms with van der Waals surface area (Å²) in [4.78, 5) is 18.8. The lowest BCUT2D eigenvalue weighted by molar-refractivity contribution is 0.0553. The van der Waals surface area contributed by atoms with Crippen LogP contribution >= 0.6 is 0 Å². The first-order valence-electron chi connectivity index (χ1n) is 13.4. The second-order valence-corrected chi connectivity index (χ2v) is 10.6. The van der Waals surface area contributed by atoms with Gasteiger partial charge >= 0.3 is 0 Å². The zero-order valence-corrected chi connectivity index (χ0v) is 21.7. The van der Waals surface area contributed by atoms with E-state index in [4.69, 9.17) is 9.47 Å². The Bertz CT molecular complexity index is 1210. The topological polar surface area (TPSA) is 98.2 Å². The SMILES string of the molecule is COc1ccc2cc(CN(C3CCCCC3)[C@@H](c3nnnn3C[C@@H]3CCCO3)C(C)C)c(=O)[nH]c2c1. The average molecular weight is 495 g/mol. The number of nitrogens with one attached hydrogen (secondary N) is 1. The Morgan fingerprint density at radius 3 is 2.72 bits per heavy atom. The molecule has 1 aliphatic heterocycles. The van der Waals surface area contributed by atoms with Crippen molar-refractivity contribution >= 4 is 10.9 Å². The minimum absolute atomic E-state index is 0.00420. The summed E-state index contributed by atoms with van der Waals surface area (Å²) in [6.07, 6.45) is 8.21. The second kappa shape index (κ2) is 11.1. The number of methoxy groups -OCH3 is 1. The summed E-state index contributed by atoms with van der Waals surface area (Å²) in [7, 11) is 1.63. The van der Waals surface area contributed by atoms with E-state index in [1.54, 1.807) is 7.11 Å². The molecule has 2 fully saturated rings. The molecule has 9 nitrogen and oxygen atoms in total. The highest BCUT2D eigenvalue weighted by Crippen LogP contribution is 2.35. The van der Waals surface area contributed by atoms with Gasteiger partial charge in [-0.05, 0) is 65.6 Å². The van der Waals surface area contributed by atoms with Crippen molar-refractivity contribution in [3.8, 4) is 5.75 Å². The number of fused-ring (bicyclic) bond motifs is 1. The van der Waals surface area contributed by atoms with Crippen LogP contribution in [0.3, 0.4) is 0 Å². The molecule has 1 saturated heterocycles. The van der Waals surface area contributed by atoms with Gasteiger partial charge in [-0.15, -0.1) is 5.10 Å². The van der Waals surface area contributed by atoms with E-state index >= 15 is 0 Å². The van der Waals surface area contributed by atoms with Crippen LogP contribution in [0.25, 0.3) is 10.9 Å². The molecular formula is C27H38N6O3. The molecule has 3 aromatic rings. The van der Waals surface area contributed by atoms with Gasteiger partial charge in [0.05, 0.1) is 31.3 Å². The average Bonchev–Trinajstić information content (AvgIpc) is 3.57. The third kappa shape index (κ3) is 5.32. The van der Waals surface area contributed by atoms with Crippen LogP contribution in [0.5, 0.6) is 5.75 Å². The number of hydrogen-bond acceptors (Lipinski definition) is 7. The highest BCUT2D eigenvalue weighted by Gasteiger charge is 2.35. The van der Waals surface area contributed by atoms with E-state index in [1.165, 1.54) is 19.3 Å². The van der Waals surface area contributed by atoms with E-state index in [2.05, 4.69) is 39.3 Å². The Hall–Kier alpha value is -2.78. The summed E-state index contributed by atoms with van der Waals surface area (Å²) in [6, 6.07) is 8.20. The number of benzene rings is 1. The molecule has 1 aliphatic carbocycles. The van der Waals surface area contributed by atoms with Crippen LogP contribution in [0, 0.1) is 5.92 Å². The van der Waals surface area contributed by atoms with Gasteiger partial charge in [-0.2, -0.15) is 0 Å². The molecule has 5 rings (SSSR count). The van der Waals surface area contributed by atoms with Gasteiger partial charge < -0.3 is 14.5 Å². The van der Waals surface area contributed by atoms with Crippen molar-refractivity contribution in [3.63, 3.8) is 0 Å². The fraction of sp³-hybridized carbons (Fsp3) is 0.630. The number of rotatable bonds is 9. The van der Waals surface area contributed by atoms with E-state index in [-0.39, 0.29) is 23.6 Å². The molecule has 3 heterocycles. The molecule has 1 N–H and O–H groups in total. The number of hydrogen-bond donors (Lipinski definition) is 1. The predicted octanol–water partition coefficient (Wildman–Crippen LogP) is 4.23. The molecule has 36 heavy (non-hydrogen) atoms. The van der Waals surface area contributed by atoms with Crippen LogP contribution in [-0.4, -0.2) is 56.0 Å². The van der Waals surface area contributed by atoms with Crippen molar-refractivity contribution < 1.29 is 9.47 Å². The van der Waals surface area contributed by atoms with Gasteiger partial charge in [-0.1, -0.05) is 33.1 Å². The summed E-state index contributed by atoms with van der Waals surface area (Å²) in [5, 5.41) is 14.0. The van der Waals surface area contributed by atoms with Gasteiger partial charge in [-0.25, -0.2) is 4.68 Å². The van der Waals surface area contributed by atoms with Gasteiger partial charge in [0.2, 0.25) is 0 Å². The maximum atomic E-state index is 13.2. The number of H-pyrrole nitrogens is 1. The normalized spacial score (nSPS) is 20.0. The highest BCUT2D eigenvalue weighted by molar-refractivity contribution is 5.80. The molecule has 1 saturated carbocycles. The zero-order chi connectivity index (χ0) is 25.1. The summed E-state index contributed by atoms with van der Waals surface area (Å²) in [6.45, 7) is 6.48. The number of nitrogens with zero attached hydrogens (tertiary/aromatic N) is 5. The lowest BCUT2D eigenvalue weighted by atomic mass is 9.90. The smallest absolute Gasteiger partial charge is 0.252 e. The Morgan fingerprint density at radius 2 is 2.00 bits per heavy atom. The van der Waals surface area contributed by atoms with E-state index in [0.29, 0.717) is 19.1 Å². The Balaban J connectivity index is 1.50. The zero-order valence-electron chi connectivity index (χ0n) is 21.7. The van der Waals surface area contributed by atoms with Crippen molar-refractivity contribution in [2.75, 3.05) is 13.7 Å². The third-order valence-corrected chi connectivity index (χ3v) is 7.74. The van der Waals surface area contributed by atoms with Crippen LogP contribution < -0.4 is 10.3 Å². The fourth-order valence-corrected chi connectivity index (χ4v) is 5.90. The van der Waals surface area contributed by atoms with E-state index in [9.17, 15) is 4.79 Å². The lowest BCUT2D eigenvalue weighted by Crippen LogP contribution is -2.43. The maximum Gasteiger partial charge on any atom is 0.252 e. The third-order valence-electron chi connectivity index (χ3n) is 7.74. The molecule has 0 bridgehead atoms. The largest absolute Gasteiger partial charge is 0.497 e. The van der Waals surface area contributed by atoms with Crippen molar-refractivity contribution in [2.24, 2.45) is 5.92 Å². The Labute approximate surface area is 212 Å². The highest BCUT2D eigenvalue weighted by atomic mass is 16.5. The summed E-state index contributed by atoms with van der Waals surface area (Å²) >= 11 is 0. The molecule has 2 atom stereocenters. The van der Waals surface area contributed by atoms with Crippen molar-refractivity contribution in [1.29, 1.82) is 0 Å². The van der Waals surface area contributed by atoms with Crippen LogP contribution in [0.2, 0.25) is 0 Å². The van der Waals surface area contributed by atoms with E-state index in [1.807, 2.05) is 28.9 Å². The maximum absolute atomic E-state index is 13.2. The summed E-state index contributed by atoms with van der Waals surface area (Å²) in [5.74, 6) is 1.87. The lowest BCUT2D eigenvalue weighted by Gasteiger charge is -2.41. The minimum atomic E-state index is -0.0574. The van der Waals surface area contributed by atoms with Crippen LogP contribution in [0.1, 0.15) is 76.2 Å². The van der Waals surface area contributed by atoms with Crippen LogP contribution in [-0.2, 0) is 17.8 Å². The molecular weight excluding hydrogens is 456 g/mol. The number of ether oxygens (including phenoxy) is 2. The number of aromatic nitrogens is 5. The number of tetrazole rings is 1. The van der Waals surface area contributed by atoms with Crippen LogP contribution in [0.15, 0.2) is 29.1 Å². The molecule has 0 spiro atoms. The Kier molecular flexibility index (Phi) is 7.67. The molecule has 9 heteroatoms. The predicted molar refractivity (Wildman–Crippen MR) is 138 cm³/mol. The van der Waals surface area contributed by atoms with Crippen molar-refractivity contribution in [2.45, 2.75) is 90.1 Å². The molecule has 2 aliphatic rings. The number of aromatic amines is 1. The molecule has 194 valence electrons. The fourth-order valence-electron chi connectivity index (χ4n) is 5.90. The van der Waals surface area contributed by atoms with E-state index in [0.717, 1.165) is 60.3 Å². The first kappa shape index (κ1) is 24.9. The van der Waals surface area contributed by atoms with Gasteiger partial charge in [0.1, 0.15) is 5.75 Å². The molecule has 2 aromatic heterocycles. The summed E-state index contributed by atoms with van der Waals surface area (Å²) < 4.78 is 13.2. The van der Waals surface area contributed by atoms with E-state index < -0.39 is 0 Å². The molecule has 0 amide bonds.